The number of rotatable bonds is 5. The molecule has 0 saturated heterocycles. The highest BCUT2D eigenvalue weighted by Gasteiger charge is 2.20. The molecule has 0 spiro atoms. The van der Waals surface area contributed by atoms with Crippen LogP contribution in [-0.2, 0) is 4.74 Å². The summed E-state index contributed by atoms with van der Waals surface area (Å²) in [7, 11) is 0. The molecule has 5 aromatic rings. The highest BCUT2D eigenvalue weighted by Crippen LogP contribution is 2.45. The summed E-state index contributed by atoms with van der Waals surface area (Å²) in [6, 6.07) is 41.7. The van der Waals surface area contributed by atoms with Crippen LogP contribution >= 0.6 is 0 Å². The van der Waals surface area contributed by atoms with Crippen molar-refractivity contribution >= 4 is 44.7 Å². The van der Waals surface area contributed by atoms with Gasteiger partial charge < -0.3 is 9.64 Å². The average Bonchev–Trinajstić information content (AvgIpc) is 3.02. The summed E-state index contributed by atoms with van der Waals surface area (Å²) in [4.78, 5) is 2.32. The van der Waals surface area contributed by atoms with Gasteiger partial charge in [-0.15, -0.1) is 0 Å². The van der Waals surface area contributed by atoms with Gasteiger partial charge in [-0.3, -0.25) is 0 Å². The maximum Gasteiger partial charge on any atom is 0.137 e. The Morgan fingerprint density at radius 1 is 0.634 bits per heavy atom. The van der Waals surface area contributed by atoms with Crippen molar-refractivity contribution in [1.29, 1.82) is 10.5 Å². The summed E-state index contributed by atoms with van der Waals surface area (Å²) in [5.74, 6) is 1.19. The number of nitrogens with zero attached hydrogens (tertiary/aromatic N) is 3. The maximum atomic E-state index is 9.38. The van der Waals surface area contributed by atoms with Crippen LogP contribution in [-0.4, -0.2) is 0 Å². The van der Waals surface area contributed by atoms with Crippen molar-refractivity contribution in [1.82, 2.24) is 0 Å². The molecule has 0 aliphatic carbocycles. The van der Waals surface area contributed by atoms with E-state index in [9.17, 15) is 10.5 Å². The molecule has 1 aliphatic rings. The quantitative estimate of drug-likeness (QED) is 0.169. The number of hydrogen-bond acceptors (Lipinski definition) is 4. The van der Waals surface area contributed by atoms with Crippen LogP contribution in [0.5, 0.6) is 0 Å². The fraction of sp³-hybridized carbons (Fsp3) is 0.0270. The molecule has 194 valence electrons. The number of para-hydroxylation sites is 2. The summed E-state index contributed by atoms with van der Waals surface area (Å²) in [6.45, 7) is 1.81. The maximum absolute atomic E-state index is 9.38. The minimum absolute atomic E-state index is 0.0562. The van der Waals surface area contributed by atoms with Crippen LogP contribution in [0.1, 0.15) is 12.5 Å². The molecule has 0 unspecified atom stereocenters. The Labute approximate surface area is 239 Å². The number of hydrogen-bond donors (Lipinski definition) is 0. The predicted molar refractivity (Wildman–Crippen MR) is 166 cm³/mol. The Hall–Kier alpha value is -5.84. The van der Waals surface area contributed by atoms with Gasteiger partial charge in [0, 0.05) is 27.7 Å². The van der Waals surface area contributed by atoms with E-state index in [4.69, 9.17) is 4.74 Å². The van der Waals surface area contributed by atoms with Crippen molar-refractivity contribution in [3.05, 3.63) is 156 Å². The fourth-order valence-corrected chi connectivity index (χ4v) is 5.33. The number of nitriles is 2. The molecule has 5 aromatic carbocycles. The molecule has 0 atom stereocenters. The fourth-order valence-electron chi connectivity index (χ4n) is 5.33. The molecule has 0 saturated carbocycles. The van der Waals surface area contributed by atoms with E-state index in [0.717, 1.165) is 44.2 Å². The Bertz CT molecular complexity index is 1870. The third-order valence-corrected chi connectivity index (χ3v) is 7.06. The Balaban J connectivity index is 1.60. The van der Waals surface area contributed by atoms with Crippen molar-refractivity contribution in [3.8, 4) is 12.1 Å². The van der Waals surface area contributed by atoms with E-state index in [-0.39, 0.29) is 5.57 Å². The van der Waals surface area contributed by atoms with Crippen molar-refractivity contribution in [3.63, 3.8) is 0 Å². The summed E-state index contributed by atoms with van der Waals surface area (Å²) in [6.07, 6.45) is 7.41. The smallest absolute Gasteiger partial charge is 0.137 e. The first-order chi connectivity index (χ1) is 20.2. The molecule has 41 heavy (non-hydrogen) atoms. The SMILES string of the molecule is CC1=CC(=C(C#N)C#N)C=C(C=Cc2c3ccccc3c(N(c3ccccc3)c3ccccc3)c3ccccc23)O1. The largest absolute Gasteiger partial charge is 0.462 e. The molecule has 4 heteroatoms. The number of fused-ring (bicyclic) bond motifs is 2. The highest BCUT2D eigenvalue weighted by molar-refractivity contribution is 6.18. The second kappa shape index (κ2) is 11.1. The van der Waals surface area contributed by atoms with Crippen molar-refractivity contribution < 1.29 is 4.74 Å². The Morgan fingerprint density at radius 2 is 1.12 bits per heavy atom. The van der Waals surface area contributed by atoms with Crippen LogP contribution in [0.25, 0.3) is 27.6 Å². The van der Waals surface area contributed by atoms with E-state index in [2.05, 4.69) is 108 Å². The molecule has 1 aliphatic heterocycles. The van der Waals surface area contributed by atoms with E-state index in [1.54, 1.807) is 12.2 Å². The Kier molecular flexibility index (Phi) is 6.89. The second-order valence-corrected chi connectivity index (χ2v) is 9.65. The molecule has 4 nitrogen and oxygen atoms in total. The lowest BCUT2D eigenvalue weighted by atomic mass is 9.93. The summed E-state index contributed by atoms with van der Waals surface area (Å²) < 4.78 is 5.95. The van der Waals surface area contributed by atoms with E-state index >= 15 is 0 Å². The van der Waals surface area contributed by atoms with Crippen LogP contribution in [0, 0.1) is 22.7 Å². The molecule has 1 heterocycles. The molecule has 6 rings (SSSR count). The number of benzene rings is 5. The van der Waals surface area contributed by atoms with Crippen LogP contribution in [0.3, 0.4) is 0 Å². The van der Waals surface area contributed by atoms with Gasteiger partial charge >= 0.3 is 0 Å². The summed E-state index contributed by atoms with van der Waals surface area (Å²) >= 11 is 0. The molecule has 0 bridgehead atoms. The first-order valence-corrected chi connectivity index (χ1v) is 13.3. The van der Waals surface area contributed by atoms with Gasteiger partial charge in [0.1, 0.15) is 29.2 Å². The van der Waals surface area contributed by atoms with E-state index in [1.165, 1.54) is 0 Å². The minimum atomic E-state index is 0.0562. The van der Waals surface area contributed by atoms with E-state index in [0.29, 0.717) is 17.1 Å². The summed E-state index contributed by atoms with van der Waals surface area (Å²) in [5, 5.41) is 23.2. The summed E-state index contributed by atoms with van der Waals surface area (Å²) in [5.41, 5.74) is 4.92. The third-order valence-electron chi connectivity index (χ3n) is 7.06. The van der Waals surface area contributed by atoms with Gasteiger partial charge in [-0.25, -0.2) is 0 Å². The van der Waals surface area contributed by atoms with Gasteiger partial charge in [0.2, 0.25) is 0 Å². The molecule has 0 fully saturated rings. The normalized spacial score (nSPS) is 12.8. The number of anilines is 3. The van der Waals surface area contributed by atoms with Crippen LogP contribution in [0.15, 0.2) is 150 Å². The molecule has 0 amide bonds. The standard InChI is InChI=1S/C37H25N3O/c1-26-22-27(28(24-38)25-39)23-31(41-26)20-21-34-32-16-8-10-18-35(32)37(36-19-11-9-17-33(34)36)40(29-12-4-2-5-13-29)30-14-6-3-7-15-30/h2-23H,1H3. The molecule has 0 aromatic heterocycles. The topological polar surface area (TPSA) is 60.0 Å². The number of allylic oxidation sites excluding steroid dienone is 6. The highest BCUT2D eigenvalue weighted by atomic mass is 16.5. The first kappa shape index (κ1) is 25.4. The molecular formula is C37H25N3O. The lowest BCUT2D eigenvalue weighted by molar-refractivity contribution is 0.318. The van der Waals surface area contributed by atoms with Gasteiger partial charge in [-0.05, 0) is 65.8 Å². The van der Waals surface area contributed by atoms with Crippen LogP contribution < -0.4 is 4.90 Å². The minimum Gasteiger partial charge on any atom is -0.462 e. The van der Waals surface area contributed by atoms with Gasteiger partial charge in [0.15, 0.2) is 0 Å². The van der Waals surface area contributed by atoms with Crippen LogP contribution in [0.2, 0.25) is 0 Å². The average molecular weight is 528 g/mol. The van der Waals surface area contributed by atoms with Crippen LogP contribution in [0.4, 0.5) is 17.1 Å². The zero-order valence-electron chi connectivity index (χ0n) is 22.5. The van der Waals surface area contributed by atoms with E-state index < -0.39 is 0 Å². The van der Waals surface area contributed by atoms with Crippen molar-refractivity contribution in [2.24, 2.45) is 0 Å². The predicted octanol–water partition coefficient (Wildman–Crippen LogP) is 9.64. The molecule has 0 N–H and O–H groups in total. The molecule has 0 radical (unpaired) electrons. The third kappa shape index (κ3) is 4.87. The van der Waals surface area contributed by atoms with E-state index in [1.807, 2.05) is 37.3 Å². The molecular weight excluding hydrogens is 502 g/mol. The van der Waals surface area contributed by atoms with Crippen molar-refractivity contribution in [2.45, 2.75) is 6.92 Å². The zero-order valence-corrected chi connectivity index (χ0v) is 22.5. The zero-order chi connectivity index (χ0) is 28.2. The lowest BCUT2D eigenvalue weighted by Gasteiger charge is -2.29. The van der Waals surface area contributed by atoms with Gasteiger partial charge in [-0.2, -0.15) is 10.5 Å². The Morgan fingerprint density at radius 3 is 1.63 bits per heavy atom. The monoisotopic (exact) mass is 527 g/mol. The second-order valence-electron chi connectivity index (χ2n) is 9.65. The van der Waals surface area contributed by atoms with Crippen molar-refractivity contribution in [2.75, 3.05) is 4.90 Å². The van der Waals surface area contributed by atoms with Gasteiger partial charge in [0.25, 0.3) is 0 Å². The first-order valence-electron chi connectivity index (χ1n) is 13.3. The van der Waals surface area contributed by atoms with Gasteiger partial charge in [0.05, 0.1) is 5.69 Å². The number of ether oxygens (including phenoxy) is 1. The lowest BCUT2D eigenvalue weighted by Crippen LogP contribution is -2.11. The van der Waals surface area contributed by atoms with Gasteiger partial charge in [-0.1, -0.05) is 91.0 Å².